The van der Waals surface area contributed by atoms with Crippen molar-refractivity contribution in [2.45, 2.75) is 11.3 Å². The summed E-state index contributed by atoms with van der Waals surface area (Å²) in [6.07, 6.45) is 3.64. The Labute approximate surface area is 158 Å². The van der Waals surface area contributed by atoms with E-state index in [4.69, 9.17) is 9.47 Å². The van der Waals surface area contributed by atoms with Gasteiger partial charge < -0.3 is 9.47 Å². The van der Waals surface area contributed by atoms with Crippen molar-refractivity contribution in [1.82, 2.24) is 5.43 Å². The minimum atomic E-state index is -0.123. The lowest BCUT2D eigenvalue weighted by atomic mass is 10.2. The summed E-state index contributed by atoms with van der Waals surface area (Å²) < 4.78 is 10.8. The van der Waals surface area contributed by atoms with Gasteiger partial charge in [-0.15, -0.1) is 11.8 Å². The Morgan fingerprint density at radius 3 is 2.77 bits per heavy atom. The molecular weight excluding hydrogens is 348 g/mol. The molecule has 2 rings (SSSR count). The highest BCUT2D eigenvalue weighted by atomic mass is 32.2. The second kappa shape index (κ2) is 11.0. The molecule has 6 heteroatoms. The molecule has 0 radical (unpaired) electrons. The standard InChI is InChI=1S/C20H22N2O3S/c1-3-12-25-18-10-9-16(14-19(18)24-2)15-21-22-20(23)11-13-26-17-7-5-4-6-8-17/h3-10,14-15H,1,11-13H2,2H3,(H,22,23)/b21-15+. The van der Waals surface area contributed by atoms with E-state index in [1.807, 2.05) is 36.4 Å². The molecule has 0 aliphatic carbocycles. The number of hydrogen-bond donors (Lipinski definition) is 1. The maximum Gasteiger partial charge on any atom is 0.240 e. The summed E-state index contributed by atoms with van der Waals surface area (Å²) in [6, 6.07) is 15.4. The zero-order valence-corrected chi connectivity index (χ0v) is 15.5. The van der Waals surface area contributed by atoms with Gasteiger partial charge in [-0.3, -0.25) is 4.79 Å². The highest BCUT2D eigenvalue weighted by molar-refractivity contribution is 7.99. The average Bonchev–Trinajstić information content (AvgIpc) is 2.67. The molecule has 136 valence electrons. The van der Waals surface area contributed by atoms with Crippen LogP contribution in [0.1, 0.15) is 12.0 Å². The van der Waals surface area contributed by atoms with Crippen molar-refractivity contribution in [3.05, 3.63) is 66.7 Å². The van der Waals surface area contributed by atoms with Crippen LogP contribution in [-0.4, -0.2) is 31.6 Å². The highest BCUT2D eigenvalue weighted by Gasteiger charge is 2.05. The Hall–Kier alpha value is -2.73. The Bertz CT molecular complexity index is 748. The average molecular weight is 370 g/mol. The van der Waals surface area contributed by atoms with Gasteiger partial charge in [0.15, 0.2) is 11.5 Å². The SMILES string of the molecule is C=CCOc1ccc(/C=N/NC(=O)CCSc2ccccc2)cc1OC. The normalized spacial score (nSPS) is 10.5. The second-order valence-corrected chi connectivity index (χ2v) is 6.38. The first-order valence-corrected chi connectivity index (χ1v) is 9.13. The van der Waals surface area contributed by atoms with E-state index in [-0.39, 0.29) is 5.91 Å². The summed E-state index contributed by atoms with van der Waals surface area (Å²) in [5, 5.41) is 3.99. The van der Waals surface area contributed by atoms with Crippen molar-refractivity contribution in [1.29, 1.82) is 0 Å². The summed E-state index contributed by atoms with van der Waals surface area (Å²) in [5.74, 6) is 1.81. The number of hydrogen-bond acceptors (Lipinski definition) is 5. The molecule has 0 spiro atoms. The predicted octanol–water partition coefficient (Wildman–Crippen LogP) is 3.89. The molecule has 26 heavy (non-hydrogen) atoms. The summed E-state index contributed by atoms with van der Waals surface area (Å²) >= 11 is 1.64. The van der Waals surface area contributed by atoms with Gasteiger partial charge in [-0.1, -0.05) is 30.9 Å². The molecule has 0 atom stereocenters. The van der Waals surface area contributed by atoms with E-state index in [1.165, 1.54) is 0 Å². The molecule has 2 aromatic rings. The van der Waals surface area contributed by atoms with E-state index in [1.54, 1.807) is 43.3 Å². The monoisotopic (exact) mass is 370 g/mol. The van der Waals surface area contributed by atoms with Crippen molar-refractivity contribution in [3.63, 3.8) is 0 Å². The van der Waals surface area contributed by atoms with Gasteiger partial charge in [-0.25, -0.2) is 5.43 Å². The number of rotatable bonds is 10. The molecule has 0 aliphatic rings. The van der Waals surface area contributed by atoms with E-state index in [0.29, 0.717) is 30.3 Å². The number of hydrazone groups is 1. The molecule has 0 fully saturated rings. The number of carbonyl (C=O) groups excluding carboxylic acids is 1. The number of amides is 1. The van der Waals surface area contributed by atoms with E-state index in [0.717, 1.165) is 10.5 Å². The molecule has 0 saturated carbocycles. The van der Waals surface area contributed by atoms with Crippen LogP contribution < -0.4 is 14.9 Å². The first kappa shape index (κ1) is 19.6. The quantitative estimate of drug-likeness (QED) is 0.298. The molecule has 0 aliphatic heterocycles. The third kappa shape index (κ3) is 6.64. The zero-order valence-electron chi connectivity index (χ0n) is 14.7. The van der Waals surface area contributed by atoms with Gasteiger partial charge in [0.1, 0.15) is 6.61 Å². The van der Waals surface area contributed by atoms with Crippen molar-refractivity contribution in [2.24, 2.45) is 5.10 Å². The number of benzene rings is 2. The van der Waals surface area contributed by atoms with Gasteiger partial charge in [0.25, 0.3) is 0 Å². The lowest BCUT2D eigenvalue weighted by Crippen LogP contribution is -2.17. The van der Waals surface area contributed by atoms with Gasteiger partial charge in [-0.05, 0) is 35.9 Å². The lowest BCUT2D eigenvalue weighted by molar-refractivity contribution is -0.120. The third-order valence-electron chi connectivity index (χ3n) is 3.29. The minimum Gasteiger partial charge on any atom is -0.493 e. The number of methoxy groups -OCH3 is 1. The molecule has 5 nitrogen and oxygen atoms in total. The van der Waals surface area contributed by atoms with Crippen LogP contribution in [0.5, 0.6) is 11.5 Å². The third-order valence-corrected chi connectivity index (χ3v) is 4.30. The van der Waals surface area contributed by atoms with Gasteiger partial charge >= 0.3 is 0 Å². The van der Waals surface area contributed by atoms with E-state index in [9.17, 15) is 4.79 Å². The summed E-state index contributed by atoms with van der Waals surface area (Å²) in [6.45, 7) is 4.02. The topological polar surface area (TPSA) is 59.9 Å². The van der Waals surface area contributed by atoms with Gasteiger partial charge in [0, 0.05) is 17.1 Å². The smallest absolute Gasteiger partial charge is 0.240 e. The first-order valence-electron chi connectivity index (χ1n) is 8.14. The second-order valence-electron chi connectivity index (χ2n) is 5.21. The summed E-state index contributed by atoms with van der Waals surface area (Å²) in [5.41, 5.74) is 3.33. The molecule has 0 aromatic heterocycles. The van der Waals surface area contributed by atoms with Gasteiger partial charge in [-0.2, -0.15) is 5.10 Å². The molecule has 0 unspecified atom stereocenters. The van der Waals surface area contributed by atoms with Gasteiger partial charge in [0.2, 0.25) is 5.91 Å². The van der Waals surface area contributed by atoms with Crippen molar-refractivity contribution >= 4 is 23.9 Å². The van der Waals surface area contributed by atoms with Crippen LogP contribution in [0.15, 0.2) is 71.2 Å². The van der Waals surface area contributed by atoms with Crippen LogP contribution in [0.4, 0.5) is 0 Å². The number of carbonyl (C=O) groups is 1. The Kier molecular flexibility index (Phi) is 8.29. The molecule has 0 bridgehead atoms. The van der Waals surface area contributed by atoms with Crippen molar-refractivity contribution in [2.75, 3.05) is 19.5 Å². The predicted molar refractivity (Wildman–Crippen MR) is 106 cm³/mol. The molecular formula is C20H22N2O3S. The Morgan fingerprint density at radius 1 is 1.23 bits per heavy atom. The Balaban J connectivity index is 1.79. The fourth-order valence-corrected chi connectivity index (χ4v) is 2.92. The van der Waals surface area contributed by atoms with Gasteiger partial charge in [0.05, 0.1) is 13.3 Å². The first-order chi connectivity index (χ1) is 12.7. The lowest BCUT2D eigenvalue weighted by Gasteiger charge is -2.09. The fourth-order valence-electron chi connectivity index (χ4n) is 2.05. The van der Waals surface area contributed by atoms with Crippen LogP contribution in [0.25, 0.3) is 0 Å². The van der Waals surface area contributed by atoms with Crippen LogP contribution in [0.3, 0.4) is 0 Å². The maximum absolute atomic E-state index is 11.8. The number of thioether (sulfide) groups is 1. The number of ether oxygens (including phenoxy) is 2. The Morgan fingerprint density at radius 2 is 2.04 bits per heavy atom. The van der Waals surface area contributed by atoms with Crippen molar-refractivity contribution in [3.8, 4) is 11.5 Å². The molecule has 0 heterocycles. The molecule has 0 saturated heterocycles. The summed E-state index contributed by atoms with van der Waals surface area (Å²) in [7, 11) is 1.57. The van der Waals surface area contributed by atoms with Crippen LogP contribution in [-0.2, 0) is 4.79 Å². The van der Waals surface area contributed by atoms with Crippen LogP contribution in [0.2, 0.25) is 0 Å². The summed E-state index contributed by atoms with van der Waals surface area (Å²) in [4.78, 5) is 13.0. The maximum atomic E-state index is 11.8. The van der Waals surface area contributed by atoms with Crippen molar-refractivity contribution < 1.29 is 14.3 Å². The van der Waals surface area contributed by atoms with Crippen LogP contribution >= 0.6 is 11.8 Å². The number of nitrogens with one attached hydrogen (secondary N) is 1. The van der Waals surface area contributed by atoms with E-state index >= 15 is 0 Å². The van der Waals surface area contributed by atoms with E-state index < -0.39 is 0 Å². The fraction of sp³-hybridized carbons (Fsp3) is 0.200. The number of nitrogens with zero attached hydrogens (tertiary/aromatic N) is 1. The molecule has 1 N–H and O–H groups in total. The van der Waals surface area contributed by atoms with Crippen LogP contribution in [0, 0.1) is 0 Å². The molecule has 2 aromatic carbocycles. The minimum absolute atomic E-state index is 0.123. The highest BCUT2D eigenvalue weighted by Crippen LogP contribution is 2.27. The largest absolute Gasteiger partial charge is 0.493 e. The van der Waals surface area contributed by atoms with E-state index in [2.05, 4.69) is 17.1 Å². The zero-order chi connectivity index (χ0) is 18.6. The molecule has 1 amide bonds.